The standard InChI is InChI=1S/C5H7IN2/c6-4-3-8-2-1-5(4)7/h1,3,8H,2,7H2. The Bertz CT molecular complexity index is 131. The van der Waals surface area contributed by atoms with E-state index in [-0.39, 0.29) is 0 Å². The molecule has 3 heteroatoms. The summed E-state index contributed by atoms with van der Waals surface area (Å²) in [6, 6.07) is 0. The maximum atomic E-state index is 5.52. The van der Waals surface area contributed by atoms with E-state index in [2.05, 4.69) is 27.9 Å². The number of dihydropyridines is 1. The van der Waals surface area contributed by atoms with E-state index in [0.29, 0.717) is 0 Å². The second-order valence-electron chi connectivity index (χ2n) is 1.56. The van der Waals surface area contributed by atoms with Gasteiger partial charge in [-0.25, -0.2) is 0 Å². The lowest BCUT2D eigenvalue weighted by Crippen LogP contribution is -2.14. The topological polar surface area (TPSA) is 38.0 Å². The molecule has 0 spiro atoms. The molecule has 2 nitrogen and oxygen atoms in total. The van der Waals surface area contributed by atoms with Gasteiger partial charge in [0.05, 0.1) is 3.58 Å². The van der Waals surface area contributed by atoms with Gasteiger partial charge in [0.25, 0.3) is 0 Å². The van der Waals surface area contributed by atoms with Crippen LogP contribution in [0.3, 0.4) is 0 Å². The van der Waals surface area contributed by atoms with Gasteiger partial charge in [0.15, 0.2) is 0 Å². The van der Waals surface area contributed by atoms with E-state index in [1.807, 2.05) is 12.3 Å². The fraction of sp³-hybridized carbons (Fsp3) is 0.200. The lowest BCUT2D eigenvalue weighted by molar-refractivity contribution is 0.952. The Morgan fingerprint density at radius 3 is 2.88 bits per heavy atom. The van der Waals surface area contributed by atoms with Crippen LogP contribution in [0.1, 0.15) is 0 Å². The van der Waals surface area contributed by atoms with Gasteiger partial charge in [-0.2, -0.15) is 0 Å². The van der Waals surface area contributed by atoms with Gasteiger partial charge in [0, 0.05) is 18.4 Å². The van der Waals surface area contributed by atoms with E-state index in [1.54, 1.807) is 0 Å². The monoisotopic (exact) mass is 222 g/mol. The van der Waals surface area contributed by atoms with Crippen molar-refractivity contribution < 1.29 is 0 Å². The summed E-state index contributed by atoms with van der Waals surface area (Å²) >= 11 is 2.19. The summed E-state index contributed by atoms with van der Waals surface area (Å²) in [4.78, 5) is 0. The van der Waals surface area contributed by atoms with Crippen LogP contribution in [0.2, 0.25) is 0 Å². The van der Waals surface area contributed by atoms with Crippen LogP contribution in [0.4, 0.5) is 0 Å². The van der Waals surface area contributed by atoms with Crippen molar-refractivity contribution in [1.82, 2.24) is 5.32 Å². The van der Waals surface area contributed by atoms with Gasteiger partial charge in [0.1, 0.15) is 0 Å². The summed E-state index contributed by atoms with van der Waals surface area (Å²) in [5, 5.41) is 3.04. The minimum absolute atomic E-state index is 0.859. The molecule has 0 aromatic heterocycles. The molecule has 3 N–H and O–H groups in total. The van der Waals surface area contributed by atoms with Gasteiger partial charge in [0.2, 0.25) is 0 Å². The van der Waals surface area contributed by atoms with Gasteiger partial charge < -0.3 is 11.1 Å². The molecule has 0 bridgehead atoms. The predicted octanol–water partition coefficient (Wildman–Crippen LogP) is 0.709. The van der Waals surface area contributed by atoms with Crippen molar-refractivity contribution in [2.24, 2.45) is 5.73 Å². The Kier molecular flexibility index (Phi) is 1.77. The van der Waals surface area contributed by atoms with Gasteiger partial charge in [-0.05, 0) is 28.7 Å². The molecule has 0 radical (unpaired) electrons. The number of allylic oxidation sites excluding steroid dienone is 1. The second-order valence-corrected chi connectivity index (χ2v) is 2.72. The molecule has 0 unspecified atom stereocenters. The first kappa shape index (κ1) is 5.94. The van der Waals surface area contributed by atoms with E-state index in [0.717, 1.165) is 15.8 Å². The normalized spacial score (nSPS) is 18.6. The van der Waals surface area contributed by atoms with Gasteiger partial charge in [-0.1, -0.05) is 0 Å². The first-order valence-corrected chi connectivity index (χ1v) is 3.43. The van der Waals surface area contributed by atoms with Gasteiger partial charge in [-0.3, -0.25) is 0 Å². The molecular formula is C5H7IN2. The zero-order chi connectivity index (χ0) is 5.98. The number of rotatable bonds is 0. The van der Waals surface area contributed by atoms with Gasteiger partial charge in [-0.15, -0.1) is 0 Å². The van der Waals surface area contributed by atoms with Crippen LogP contribution in [0.5, 0.6) is 0 Å². The van der Waals surface area contributed by atoms with Crippen molar-refractivity contribution >= 4 is 22.6 Å². The number of hydrogen-bond donors (Lipinski definition) is 2. The minimum atomic E-state index is 0.859. The highest BCUT2D eigenvalue weighted by atomic mass is 127. The molecule has 0 amide bonds. The maximum Gasteiger partial charge on any atom is 0.0513 e. The third-order valence-electron chi connectivity index (χ3n) is 0.944. The number of nitrogens with one attached hydrogen (secondary N) is 1. The molecule has 1 rings (SSSR count). The highest BCUT2D eigenvalue weighted by Crippen LogP contribution is 2.13. The molecule has 0 saturated carbocycles. The van der Waals surface area contributed by atoms with E-state index in [9.17, 15) is 0 Å². The molecule has 0 aromatic rings. The molecule has 44 valence electrons. The molecule has 0 fully saturated rings. The average molecular weight is 222 g/mol. The van der Waals surface area contributed by atoms with Crippen LogP contribution in [0.25, 0.3) is 0 Å². The Balaban J connectivity index is 2.73. The zero-order valence-corrected chi connectivity index (χ0v) is 6.47. The molecule has 1 aliphatic rings. The fourth-order valence-electron chi connectivity index (χ4n) is 0.498. The molecule has 0 atom stereocenters. The van der Waals surface area contributed by atoms with Crippen LogP contribution >= 0.6 is 22.6 Å². The van der Waals surface area contributed by atoms with Crippen LogP contribution in [-0.2, 0) is 0 Å². The molecule has 0 aliphatic carbocycles. The first-order chi connectivity index (χ1) is 3.80. The molecule has 0 saturated heterocycles. The summed E-state index contributed by atoms with van der Waals surface area (Å²) < 4.78 is 1.09. The largest absolute Gasteiger partial charge is 0.398 e. The summed E-state index contributed by atoms with van der Waals surface area (Å²) in [5.74, 6) is 0. The molecule has 1 heterocycles. The summed E-state index contributed by atoms with van der Waals surface area (Å²) in [5.41, 5.74) is 6.40. The van der Waals surface area contributed by atoms with Crippen molar-refractivity contribution in [3.05, 3.63) is 21.6 Å². The molecular weight excluding hydrogens is 215 g/mol. The zero-order valence-electron chi connectivity index (χ0n) is 4.32. The molecule has 8 heavy (non-hydrogen) atoms. The van der Waals surface area contributed by atoms with Crippen molar-refractivity contribution in [2.45, 2.75) is 0 Å². The number of hydrogen-bond acceptors (Lipinski definition) is 2. The SMILES string of the molecule is NC1=CCNC=C1I. The van der Waals surface area contributed by atoms with E-state index >= 15 is 0 Å². The number of halogens is 1. The highest BCUT2D eigenvalue weighted by Gasteiger charge is 1.97. The van der Waals surface area contributed by atoms with Crippen molar-refractivity contribution in [1.29, 1.82) is 0 Å². The Morgan fingerprint density at radius 2 is 2.50 bits per heavy atom. The molecule has 0 aromatic carbocycles. The van der Waals surface area contributed by atoms with Crippen molar-refractivity contribution in [3.63, 3.8) is 0 Å². The smallest absolute Gasteiger partial charge is 0.0513 e. The van der Waals surface area contributed by atoms with E-state index < -0.39 is 0 Å². The van der Waals surface area contributed by atoms with E-state index in [1.165, 1.54) is 0 Å². The van der Waals surface area contributed by atoms with Crippen molar-refractivity contribution in [2.75, 3.05) is 6.54 Å². The summed E-state index contributed by atoms with van der Waals surface area (Å²) in [6.07, 6.45) is 3.87. The minimum Gasteiger partial charge on any atom is -0.398 e. The lowest BCUT2D eigenvalue weighted by atomic mass is 10.3. The highest BCUT2D eigenvalue weighted by molar-refractivity contribution is 14.1. The maximum absolute atomic E-state index is 5.52. The predicted molar refractivity (Wildman–Crippen MR) is 42.4 cm³/mol. The third kappa shape index (κ3) is 1.15. The Hall–Kier alpha value is -0.190. The Labute approximate surface area is 62.0 Å². The quantitative estimate of drug-likeness (QED) is 0.592. The average Bonchev–Trinajstić information content (AvgIpc) is 1.77. The second kappa shape index (κ2) is 2.39. The first-order valence-electron chi connectivity index (χ1n) is 2.36. The van der Waals surface area contributed by atoms with Crippen LogP contribution in [-0.4, -0.2) is 6.54 Å². The van der Waals surface area contributed by atoms with Crippen LogP contribution in [0, 0.1) is 0 Å². The molecule has 1 aliphatic heterocycles. The van der Waals surface area contributed by atoms with Crippen LogP contribution < -0.4 is 11.1 Å². The Morgan fingerprint density at radius 1 is 1.75 bits per heavy atom. The van der Waals surface area contributed by atoms with Crippen molar-refractivity contribution in [3.8, 4) is 0 Å². The lowest BCUT2D eigenvalue weighted by Gasteiger charge is -2.06. The number of nitrogens with two attached hydrogens (primary N) is 1. The van der Waals surface area contributed by atoms with E-state index in [4.69, 9.17) is 5.73 Å². The third-order valence-corrected chi connectivity index (χ3v) is 1.88. The summed E-state index contributed by atoms with van der Waals surface area (Å²) in [7, 11) is 0. The van der Waals surface area contributed by atoms with Crippen LogP contribution in [0.15, 0.2) is 21.6 Å². The summed E-state index contributed by atoms with van der Waals surface area (Å²) in [6.45, 7) is 0.859. The fourth-order valence-corrected chi connectivity index (χ4v) is 0.939. The van der Waals surface area contributed by atoms with Gasteiger partial charge >= 0.3 is 0 Å².